The predicted octanol–water partition coefficient (Wildman–Crippen LogP) is 0.506. The second-order valence-corrected chi connectivity index (χ2v) is 2.21. The zero-order valence-electron chi connectivity index (χ0n) is 5.97. The van der Waals surface area contributed by atoms with Crippen molar-refractivity contribution in [2.75, 3.05) is 12.5 Å². The number of rotatable bonds is 4. The molecule has 0 fully saturated rings. The molecule has 0 unspecified atom stereocenters. The molecule has 2 N–H and O–H groups in total. The van der Waals surface area contributed by atoms with Crippen LogP contribution in [-0.2, 0) is 9.53 Å². The summed E-state index contributed by atoms with van der Waals surface area (Å²) in [5.74, 6) is 0.0168. The summed E-state index contributed by atoms with van der Waals surface area (Å²) >= 11 is 5.35. The lowest BCUT2D eigenvalue weighted by Gasteiger charge is -2.07. The normalized spacial score (nSPS) is 12.7. The van der Waals surface area contributed by atoms with Gasteiger partial charge in [0.05, 0.1) is 6.61 Å². The van der Waals surface area contributed by atoms with Crippen LogP contribution in [0.5, 0.6) is 0 Å². The lowest BCUT2D eigenvalue weighted by atomic mass is 10.2. The van der Waals surface area contributed by atoms with E-state index in [1.165, 1.54) is 0 Å². The Hall–Kier alpha value is -0.280. The maximum atomic E-state index is 10.7. The smallest absolute Gasteiger partial charge is 0.322 e. The van der Waals surface area contributed by atoms with Gasteiger partial charge < -0.3 is 10.5 Å². The molecule has 0 saturated carbocycles. The highest BCUT2D eigenvalue weighted by Crippen LogP contribution is 1.93. The molecule has 0 rings (SSSR count). The zero-order valence-corrected chi connectivity index (χ0v) is 6.73. The molecule has 0 spiro atoms. The third-order valence-electron chi connectivity index (χ3n) is 1.01. The summed E-state index contributed by atoms with van der Waals surface area (Å²) in [5, 5.41) is 0. The second-order valence-electron chi connectivity index (χ2n) is 1.84. The largest absolute Gasteiger partial charge is 0.465 e. The Kier molecular flexibility index (Phi) is 5.35. The van der Waals surface area contributed by atoms with Crippen LogP contribution in [0, 0.1) is 0 Å². The van der Waals surface area contributed by atoms with Gasteiger partial charge in [0.15, 0.2) is 0 Å². The molecular formula is C6H12ClNO2. The van der Waals surface area contributed by atoms with Crippen LogP contribution in [0.4, 0.5) is 0 Å². The topological polar surface area (TPSA) is 52.3 Å². The van der Waals surface area contributed by atoms with Gasteiger partial charge in [0.1, 0.15) is 6.04 Å². The van der Waals surface area contributed by atoms with E-state index < -0.39 is 6.04 Å². The van der Waals surface area contributed by atoms with Gasteiger partial charge in [-0.2, -0.15) is 0 Å². The maximum absolute atomic E-state index is 10.7. The van der Waals surface area contributed by atoms with Crippen LogP contribution in [0.2, 0.25) is 0 Å². The summed E-state index contributed by atoms with van der Waals surface area (Å²) in [6.07, 6.45) is 0.473. The summed E-state index contributed by atoms with van der Waals surface area (Å²) in [4.78, 5) is 10.7. The molecule has 0 heterocycles. The lowest BCUT2D eigenvalue weighted by molar-refractivity contribution is -0.144. The van der Waals surface area contributed by atoms with E-state index in [1.54, 1.807) is 6.92 Å². The van der Waals surface area contributed by atoms with Crippen molar-refractivity contribution < 1.29 is 9.53 Å². The molecule has 10 heavy (non-hydrogen) atoms. The number of hydrogen-bond donors (Lipinski definition) is 1. The first-order valence-corrected chi connectivity index (χ1v) is 3.74. The van der Waals surface area contributed by atoms with Crippen molar-refractivity contribution in [3.63, 3.8) is 0 Å². The van der Waals surface area contributed by atoms with Gasteiger partial charge in [0.25, 0.3) is 0 Å². The first-order valence-electron chi connectivity index (χ1n) is 3.20. The van der Waals surface area contributed by atoms with Crippen molar-refractivity contribution >= 4 is 17.6 Å². The standard InChI is InChI=1S/C6H12ClNO2/c1-2-10-6(9)5(8)3-4-7/h5H,2-4,8H2,1H3/t5-/m0/s1. The van der Waals surface area contributed by atoms with E-state index in [4.69, 9.17) is 17.3 Å². The summed E-state index contributed by atoms with van der Waals surface area (Å²) in [6, 6.07) is -0.558. The second kappa shape index (κ2) is 5.50. The Morgan fingerprint density at radius 1 is 1.80 bits per heavy atom. The molecule has 0 radical (unpaired) electrons. The Morgan fingerprint density at radius 3 is 2.80 bits per heavy atom. The number of halogens is 1. The van der Waals surface area contributed by atoms with Gasteiger partial charge in [-0.1, -0.05) is 0 Å². The van der Waals surface area contributed by atoms with Crippen molar-refractivity contribution in [3.8, 4) is 0 Å². The fraction of sp³-hybridized carbons (Fsp3) is 0.833. The average molecular weight is 166 g/mol. The number of ether oxygens (including phenoxy) is 1. The molecule has 0 aromatic rings. The van der Waals surface area contributed by atoms with Crippen molar-refractivity contribution in [1.29, 1.82) is 0 Å². The molecule has 0 aliphatic carbocycles. The molecule has 0 amide bonds. The highest BCUT2D eigenvalue weighted by Gasteiger charge is 2.12. The van der Waals surface area contributed by atoms with Gasteiger partial charge in [-0.15, -0.1) is 11.6 Å². The van der Waals surface area contributed by atoms with E-state index in [2.05, 4.69) is 4.74 Å². The van der Waals surface area contributed by atoms with Gasteiger partial charge in [-0.05, 0) is 13.3 Å². The summed E-state index contributed by atoms with van der Waals surface area (Å²) < 4.78 is 4.63. The number of hydrogen-bond acceptors (Lipinski definition) is 3. The Morgan fingerprint density at radius 2 is 2.40 bits per heavy atom. The SMILES string of the molecule is CCOC(=O)[C@@H](N)CCCl. The maximum Gasteiger partial charge on any atom is 0.322 e. The van der Waals surface area contributed by atoms with Crippen LogP contribution in [-0.4, -0.2) is 24.5 Å². The monoisotopic (exact) mass is 165 g/mol. The van der Waals surface area contributed by atoms with Gasteiger partial charge >= 0.3 is 5.97 Å². The molecule has 0 aliphatic heterocycles. The highest BCUT2D eigenvalue weighted by atomic mass is 35.5. The Bertz CT molecular complexity index is 108. The van der Waals surface area contributed by atoms with E-state index in [9.17, 15) is 4.79 Å². The minimum atomic E-state index is -0.558. The van der Waals surface area contributed by atoms with E-state index in [1.807, 2.05) is 0 Å². The van der Waals surface area contributed by atoms with Gasteiger partial charge in [0.2, 0.25) is 0 Å². The van der Waals surface area contributed by atoms with Crippen molar-refractivity contribution in [3.05, 3.63) is 0 Å². The van der Waals surface area contributed by atoms with Crippen LogP contribution in [0.15, 0.2) is 0 Å². The van der Waals surface area contributed by atoms with Crippen LogP contribution in [0.1, 0.15) is 13.3 Å². The highest BCUT2D eigenvalue weighted by molar-refractivity contribution is 6.18. The summed E-state index contributed by atoms with van der Waals surface area (Å²) in [5.41, 5.74) is 5.35. The van der Waals surface area contributed by atoms with Gasteiger partial charge in [0, 0.05) is 5.88 Å². The van der Waals surface area contributed by atoms with Gasteiger partial charge in [-0.3, -0.25) is 4.79 Å². The molecule has 0 saturated heterocycles. The molecule has 4 heteroatoms. The molecule has 0 aromatic carbocycles. The molecule has 60 valence electrons. The van der Waals surface area contributed by atoms with Gasteiger partial charge in [-0.25, -0.2) is 0 Å². The zero-order chi connectivity index (χ0) is 7.98. The van der Waals surface area contributed by atoms with Crippen molar-refractivity contribution in [1.82, 2.24) is 0 Å². The predicted molar refractivity (Wildman–Crippen MR) is 39.9 cm³/mol. The third kappa shape index (κ3) is 3.69. The van der Waals surface area contributed by atoms with Crippen LogP contribution >= 0.6 is 11.6 Å². The average Bonchev–Trinajstić information content (AvgIpc) is 1.89. The molecule has 0 bridgehead atoms. The number of carbonyl (C=O) groups is 1. The summed E-state index contributed by atoms with van der Waals surface area (Å²) in [6.45, 7) is 2.11. The first kappa shape index (κ1) is 9.72. The van der Waals surface area contributed by atoms with E-state index >= 15 is 0 Å². The number of esters is 1. The summed E-state index contributed by atoms with van der Waals surface area (Å²) in [7, 11) is 0. The van der Waals surface area contributed by atoms with E-state index in [0.717, 1.165) is 0 Å². The Balaban J connectivity index is 3.49. The minimum absolute atomic E-state index is 0.370. The quantitative estimate of drug-likeness (QED) is 0.488. The number of carbonyl (C=O) groups excluding carboxylic acids is 1. The van der Waals surface area contributed by atoms with Crippen LogP contribution in [0.3, 0.4) is 0 Å². The Labute approximate surface area is 65.5 Å². The van der Waals surface area contributed by atoms with Crippen molar-refractivity contribution in [2.45, 2.75) is 19.4 Å². The molecular weight excluding hydrogens is 154 g/mol. The van der Waals surface area contributed by atoms with Crippen LogP contribution in [0.25, 0.3) is 0 Å². The fourth-order valence-electron chi connectivity index (χ4n) is 0.485. The molecule has 0 aliphatic rings. The number of nitrogens with two attached hydrogens (primary N) is 1. The lowest BCUT2D eigenvalue weighted by Crippen LogP contribution is -2.32. The molecule has 1 atom stereocenters. The fourth-order valence-corrected chi connectivity index (χ4v) is 0.720. The van der Waals surface area contributed by atoms with E-state index in [0.29, 0.717) is 18.9 Å². The van der Waals surface area contributed by atoms with Crippen molar-refractivity contribution in [2.24, 2.45) is 5.73 Å². The first-order chi connectivity index (χ1) is 4.72. The van der Waals surface area contributed by atoms with E-state index in [-0.39, 0.29) is 5.97 Å². The molecule has 0 aromatic heterocycles. The third-order valence-corrected chi connectivity index (χ3v) is 1.23. The van der Waals surface area contributed by atoms with Crippen LogP contribution < -0.4 is 5.73 Å². The number of alkyl halides is 1. The molecule has 3 nitrogen and oxygen atoms in total. The minimum Gasteiger partial charge on any atom is -0.465 e.